The number of para-hydroxylation sites is 1. The number of nitrogens with one attached hydrogen (secondary N) is 2. The van der Waals surface area contributed by atoms with Crippen LogP contribution < -0.4 is 20.3 Å². The van der Waals surface area contributed by atoms with Crippen molar-refractivity contribution >= 4 is 17.9 Å². The lowest BCUT2D eigenvalue weighted by Gasteiger charge is -2.17. The zero-order valence-electron chi connectivity index (χ0n) is 16.6. The van der Waals surface area contributed by atoms with Crippen molar-refractivity contribution in [3.05, 3.63) is 65.2 Å². The Morgan fingerprint density at radius 2 is 1.75 bits per heavy atom. The number of ether oxygens (including phenoxy) is 2. The third-order valence-corrected chi connectivity index (χ3v) is 4.17. The SMILES string of the molecule is CCOc1ccccc1/C=C/C(=O)NNC(=O)[C@H](C)Oc1cccc(C)c1C. The van der Waals surface area contributed by atoms with E-state index in [-0.39, 0.29) is 0 Å². The molecule has 0 spiro atoms. The molecule has 2 aromatic rings. The van der Waals surface area contributed by atoms with E-state index in [4.69, 9.17) is 9.47 Å². The van der Waals surface area contributed by atoms with Crippen LogP contribution >= 0.6 is 0 Å². The lowest BCUT2D eigenvalue weighted by atomic mass is 10.1. The Hall–Kier alpha value is -3.28. The molecule has 0 aliphatic carbocycles. The molecule has 0 bridgehead atoms. The van der Waals surface area contributed by atoms with Gasteiger partial charge in [0.2, 0.25) is 0 Å². The first-order valence-electron chi connectivity index (χ1n) is 9.15. The van der Waals surface area contributed by atoms with E-state index in [1.807, 2.05) is 63.2 Å². The Kier molecular flexibility index (Phi) is 7.63. The van der Waals surface area contributed by atoms with Crippen LogP contribution in [-0.4, -0.2) is 24.5 Å². The molecule has 0 aliphatic rings. The molecule has 1 atom stereocenters. The average Bonchev–Trinajstić information content (AvgIpc) is 2.69. The number of amides is 2. The highest BCUT2D eigenvalue weighted by Crippen LogP contribution is 2.22. The van der Waals surface area contributed by atoms with Gasteiger partial charge in [0.1, 0.15) is 11.5 Å². The first-order valence-corrected chi connectivity index (χ1v) is 9.15. The number of hydrazine groups is 1. The summed E-state index contributed by atoms with van der Waals surface area (Å²) in [6.07, 6.45) is 2.19. The fraction of sp³-hybridized carbons (Fsp3) is 0.273. The van der Waals surface area contributed by atoms with Crippen molar-refractivity contribution in [3.8, 4) is 11.5 Å². The van der Waals surface area contributed by atoms with Gasteiger partial charge in [0.05, 0.1) is 6.61 Å². The molecule has 0 aromatic heterocycles. The molecule has 0 fully saturated rings. The van der Waals surface area contributed by atoms with E-state index in [2.05, 4.69) is 10.9 Å². The van der Waals surface area contributed by atoms with Crippen LogP contribution in [0.5, 0.6) is 11.5 Å². The lowest BCUT2D eigenvalue weighted by Crippen LogP contribution is -2.46. The third kappa shape index (κ3) is 5.87. The highest BCUT2D eigenvalue weighted by Gasteiger charge is 2.16. The Labute approximate surface area is 165 Å². The fourth-order valence-corrected chi connectivity index (χ4v) is 2.43. The molecule has 0 radical (unpaired) electrons. The van der Waals surface area contributed by atoms with Crippen LogP contribution in [0.2, 0.25) is 0 Å². The minimum atomic E-state index is -0.761. The van der Waals surface area contributed by atoms with Crippen LogP contribution in [0, 0.1) is 13.8 Å². The van der Waals surface area contributed by atoms with Crippen molar-refractivity contribution in [1.29, 1.82) is 0 Å². The maximum absolute atomic E-state index is 12.2. The van der Waals surface area contributed by atoms with Crippen LogP contribution in [0.25, 0.3) is 6.08 Å². The summed E-state index contributed by atoms with van der Waals surface area (Å²) in [5.74, 6) is 0.422. The van der Waals surface area contributed by atoms with E-state index in [9.17, 15) is 9.59 Å². The molecule has 2 amide bonds. The molecule has 0 saturated heterocycles. The molecule has 6 heteroatoms. The standard InChI is InChI=1S/C22H26N2O4/c1-5-27-20-11-7-6-10-18(20)13-14-21(25)23-24-22(26)17(4)28-19-12-8-9-15(2)16(19)3/h6-14,17H,5H2,1-4H3,(H,23,25)(H,24,26)/b14-13+/t17-/m0/s1. The molecular formula is C22H26N2O4. The smallest absolute Gasteiger partial charge is 0.279 e. The monoisotopic (exact) mass is 382 g/mol. The minimum absolute atomic E-state index is 0.447. The number of carbonyl (C=O) groups excluding carboxylic acids is 2. The first-order chi connectivity index (χ1) is 13.4. The van der Waals surface area contributed by atoms with Gasteiger partial charge in [-0.3, -0.25) is 20.4 Å². The highest BCUT2D eigenvalue weighted by molar-refractivity contribution is 5.93. The van der Waals surface area contributed by atoms with E-state index >= 15 is 0 Å². The molecule has 2 aromatic carbocycles. The molecule has 6 nitrogen and oxygen atoms in total. The van der Waals surface area contributed by atoms with Crippen molar-refractivity contribution in [1.82, 2.24) is 10.9 Å². The molecule has 2 N–H and O–H groups in total. The summed E-state index contributed by atoms with van der Waals surface area (Å²) in [7, 11) is 0. The number of aryl methyl sites for hydroxylation is 1. The van der Waals surface area contributed by atoms with Crippen LogP contribution in [0.1, 0.15) is 30.5 Å². The van der Waals surface area contributed by atoms with Crippen molar-refractivity contribution in [2.45, 2.75) is 33.8 Å². The van der Waals surface area contributed by atoms with E-state index in [0.29, 0.717) is 18.1 Å². The molecule has 28 heavy (non-hydrogen) atoms. The number of carbonyl (C=O) groups is 2. The largest absolute Gasteiger partial charge is 0.493 e. The van der Waals surface area contributed by atoms with E-state index in [0.717, 1.165) is 16.7 Å². The van der Waals surface area contributed by atoms with Gasteiger partial charge in [0.15, 0.2) is 6.10 Å². The zero-order chi connectivity index (χ0) is 20.5. The second-order valence-corrected chi connectivity index (χ2v) is 6.24. The van der Waals surface area contributed by atoms with Gasteiger partial charge in [0.25, 0.3) is 11.8 Å². The number of rotatable bonds is 7. The Morgan fingerprint density at radius 1 is 1.04 bits per heavy atom. The van der Waals surface area contributed by atoms with E-state index < -0.39 is 17.9 Å². The number of benzene rings is 2. The molecule has 0 unspecified atom stereocenters. The van der Waals surface area contributed by atoms with Gasteiger partial charge in [-0.15, -0.1) is 0 Å². The van der Waals surface area contributed by atoms with Crippen LogP contribution in [-0.2, 0) is 9.59 Å². The summed E-state index contributed by atoms with van der Waals surface area (Å²) in [5.41, 5.74) is 7.55. The van der Waals surface area contributed by atoms with Crippen molar-refractivity contribution in [3.63, 3.8) is 0 Å². The second-order valence-electron chi connectivity index (χ2n) is 6.24. The summed E-state index contributed by atoms with van der Waals surface area (Å²) >= 11 is 0. The Morgan fingerprint density at radius 3 is 2.50 bits per heavy atom. The van der Waals surface area contributed by atoms with Gasteiger partial charge in [-0.2, -0.15) is 0 Å². The molecule has 0 heterocycles. The highest BCUT2D eigenvalue weighted by atomic mass is 16.5. The zero-order valence-corrected chi connectivity index (χ0v) is 16.6. The normalized spacial score (nSPS) is 11.7. The topological polar surface area (TPSA) is 76.7 Å². The summed E-state index contributed by atoms with van der Waals surface area (Å²) in [6.45, 7) is 7.96. The van der Waals surface area contributed by atoms with E-state index in [1.165, 1.54) is 6.08 Å². The number of hydrogen-bond donors (Lipinski definition) is 2. The molecular weight excluding hydrogens is 356 g/mol. The van der Waals surface area contributed by atoms with Crippen molar-refractivity contribution in [2.75, 3.05) is 6.61 Å². The second kappa shape index (κ2) is 10.2. The summed E-state index contributed by atoms with van der Waals surface area (Å²) < 4.78 is 11.2. The van der Waals surface area contributed by atoms with Gasteiger partial charge in [-0.05, 0) is 57.0 Å². The number of hydrogen-bond acceptors (Lipinski definition) is 4. The minimum Gasteiger partial charge on any atom is -0.493 e. The van der Waals surface area contributed by atoms with Gasteiger partial charge in [-0.25, -0.2) is 0 Å². The molecule has 0 aliphatic heterocycles. The molecule has 2 rings (SSSR count). The predicted molar refractivity (Wildman–Crippen MR) is 109 cm³/mol. The Bertz CT molecular complexity index is 861. The predicted octanol–water partition coefficient (Wildman–Crippen LogP) is 3.33. The molecule has 148 valence electrons. The van der Waals surface area contributed by atoms with Gasteiger partial charge in [-0.1, -0.05) is 30.3 Å². The van der Waals surface area contributed by atoms with Crippen LogP contribution in [0.3, 0.4) is 0 Å². The van der Waals surface area contributed by atoms with Crippen LogP contribution in [0.15, 0.2) is 48.5 Å². The van der Waals surface area contributed by atoms with E-state index in [1.54, 1.807) is 13.0 Å². The quantitative estimate of drug-likeness (QED) is 0.569. The van der Waals surface area contributed by atoms with Crippen molar-refractivity contribution in [2.24, 2.45) is 0 Å². The van der Waals surface area contributed by atoms with Crippen LogP contribution in [0.4, 0.5) is 0 Å². The summed E-state index contributed by atoms with van der Waals surface area (Å²) in [5, 5.41) is 0. The fourth-order valence-electron chi connectivity index (χ4n) is 2.43. The van der Waals surface area contributed by atoms with Gasteiger partial charge in [0, 0.05) is 11.6 Å². The summed E-state index contributed by atoms with van der Waals surface area (Å²) in [4.78, 5) is 24.1. The van der Waals surface area contributed by atoms with Crippen molar-refractivity contribution < 1.29 is 19.1 Å². The maximum Gasteiger partial charge on any atom is 0.279 e. The first kappa shape index (κ1) is 21.0. The summed E-state index contributed by atoms with van der Waals surface area (Å²) in [6, 6.07) is 13.0. The lowest BCUT2D eigenvalue weighted by molar-refractivity contribution is -0.131. The average molecular weight is 382 g/mol. The third-order valence-electron chi connectivity index (χ3n) is 4.17. The van der Waals surface area contributed by atoms with Gasteiger partial charge >= 0.3 is 0 Å². The maximum atomic E-state index is 12.2. The molecule has 0 saturated carbocycles. The van der Waals surface area contributed by atoms with Gasteiger partial charge < -0.3 is 9.47 Å². The Balaban J connectivity index is 1.88.